The minimum atomic E-state index is 0.596. The molecule has 1 heteroatoms. The van der Waals surface area contributed by atoms with E-state index >= 15 is 0 Å². The highest BCUT2D eigenvalue weighted by Gasteiger charge is 2.17. The summed E-state index contributed by atoms with van der Waals surface area (Å²) in [6, 6.07) is 0. The van der Waals surface area contributed by atoms with E-state index in [9.17, 15) is 0 Å². The summed E-state index contributed by atoms with van der Waals surface area (Å²) >= 11 is 0. The second-order valence-corrected chi connectivity index (χ2v) is 2.74. The zero-order chi connectivity index (χ0) is 6.69. The van der Waals surface area contributed by atoms with Crippen molar-refractivity contribution >= 4 is 0 Å². The minimum Gasteiger partial charge on any atom is -0.381 e. The number of hydrogen-bond donors (Lipinski definition) is 0. The van der Waals surface area contributed by atoms with E-state index in [1.807, 2.05) is 6.08 Å². The van der Waals surface area contributed by atoms with E-state index in [0.717, 1.165) is 19.1 Å². The van der Waals surface area contributed by atoms with Crippen LogP contribution in [0.2, 0.25) is 0 Å². The third kappa shape index (κ3) is 1.55. The maximum atomic E-state index is 5.27. The molecule has 1 nitrogen and oxygen atoms in total. The summed E-state index contributed by atoms with van der Waals surface area (Å²) in [6.07, 6.45) is 3.19. The van der Waals surface area contributed by atoms with Gasteiger partial charge in [-0.05, 0) is 12.3 Å². The van der Waals surface area contributed by atoms with Crippen LogP contribution in [0.4, 0.5) is 0 Å². The van der Waals surface area contributed by atoms with Crippen LogP contribution in [0.25, 0.3) is 0 Å². The number of rotatable bonds is 1. The van der Waals surface area contributed by atoms with Crippen molar-refractivity contribution in [2.24, 2.45) is 11.8 Å². The SMILES string of the molecule is C=C[C@H]1COCC[C@H]1C. The lowest BCUT2D eigenvalue weighted by molar-refractivity contribution is 0.0413. The second-order valence-electron chi connectivity index (χ2n) is 2.74. The summed E-state index contributed by atoms with van der Waals surface area (Å²) in [4.78, 5) is 0. The molecule has 1 aliphatic heterocycles. The van der Waals surface area contributed by atoms with Crippen molar-refractivity contribution in [3.8, 4) is 0 Å². The lowest BCUT2D eigenvalue weighted by Gasteiger charge is -2.25. The zero-order valence-electron chi connectivity index (χ0n) is 5.97. The normalized spacial score (nSPS) is 36.1. The van der Waals surface area contributed by atoms with Gasteiger partial charge in [-0.1, -0.05) is 13.0 Å². The van der Waals surface area contributed by atoms with Gasteiger partial charge in [0.15, 0.2) is 0 Å². The minimum absolute atomic E-state index is 0.596. The zero-order valence-corrected chi connectivity index (χ0v) is 5.97. The van der Waals surface area contributed by atoms with Crippen LogP contribution in [0.5, 0.6) is 0 Å². The highest BCUT2D eigenvalue weighted by molar-refractivity contribution is 4.84. The molecule has 2 atom stereocenters. The van der Waals surface area contributed by atoms with Crippen molar-refractivity contribution < 1.29 is 4.74 Å². The summed E-state index contributed by atoms with van der Waals surface area (Å²) < 4.78 is 5.27. The first-order valence-corrected chi connectivity index (χ1v) is 3.55. The van der Waals surface area contributed by atoms with E-state index in [1.54, 1.807) is 0 Å². The highest BCUT2D eigenvalue weighted by atomic mass is 16.5. The van der Waals surface area contributed by atoms with Gasteiger partial charge in [-0.2, -0.15) is 0 Å². The van der Waals surface area contributed by atoms with Crippen LogP contribution in [0.3, 0.4) is 0 Å². The lowest BCUT2D eigenvalue weighted by atomic mass is 9.91. The van der Waals surface area contributed by atoms with Crippen LogP contribution in [-0.2, 0) is 4.74 Å². The Morgan fingerprint density at radius 1 is 1.67 bits per heavy atom. The molecule has 0 unspecified atom stereocenters. The predicted octanol–water partition coefficient (Wildman–Crippen LogP) is 1.84. The molecule has 0 aromatic rings. The van der Waals surface area contributed by atoms with Gasteiger partial charge in [-0.3, -0.25) is 0 Å². The van der Waals surface area contributed by atoms with E-state index in [1.165, 1.54) is 6.42 Å². The van der Waals surface area contributed by atoms with Crippen molar-refractivity contribution in [3.63, 3.8) is 0 Å². The Hall–Kier alpha value is -0.300. The standard InChI is InChI=1S/C8H14O/c1-3-8-6-9-5-4-7(8)2/h3,7-8H,1,4-6H2,2H3/t7-,8+/m1/s1. The maximum absolute atomic E-state index is 5.27. The smallest absolute Gasteiger partial charge is 0.0531 e. The van der Waals surface area contributed by atoms with Crippen LogP contribution < -0.4 is 0 Å². The van der Waals surface area contributed by atoms with Crippen LogP contribution in [0.1, 0.15) is 13.3 Å². The molecule has 0 amide bonds. The summed E-state index contributed by atoms with van der Waals surface area (Å²) in [5, 5.41) is 0. The molecule has 0 aromatic heterocycles. The fourth-order valence-electron chi connectivity index (χ4n) is 1.17. The average molecular weight is 126 g/mol. The quantitative estimate of drug-likeness (QED) is 0.487. The molecule has 1 fully saturated rings. The van der Waals surface area contributed by atoms with Gasteiger partial charge in [0.25, 0.3) is 0 Å². The molecule has 9 heavy (non-hydrogen) atoms. The van der Waals surface area contributed by atoms with Crippen LogP contribution in [0, 0.1) is 11.8 Å². The Morgan fingerprint density at radius 3 is 2.89 bits per heavy atom. The molecule has 0 bridgehead atoms. The fourth-order valence-corrected chi connectivity index (χ4v) is 1.17. The summed E-state index contributed by atoms with van der Waals surface area (Å²) in [5.41, 5.74) is 0. The van der Waals surface area contributed by atoms with Gasteiger partial charge in [0.1, 0.15) is 0 Å². The first-order valence-electron chi connectivity index (χ1n) is 3.55. The monoisotopic (exact) mass is 126 g/mol. The average Bonchev–Trinajstić information content (AvgIpc) is 1.89. The molecule has 0 aliphatic carbocycles. The number of ether oxygens (including phenoxy) is 1. The maximum Gasteiger partial charge on any atom is 0.0531 e. The van der Waals surface area contributed by atoms with Gasteiger partial charge in [-0.25, -0.2) is 0 Å². The summed E-state index contributed by atoms with van der Waals surface area (Å²) in [7, 11) is 0. The topological polar surface area (TPSA) is 9.23 Å². The molecule has 0 radical (unpaired) electrons. The van der Waals surface area contributed by atoms with Crippen molar-refractivity contribution in [2.45, 2.75) is 13.3 Å². The molecule has 0 spiro atoms. The Balaban J connectivity index is 2.38. The number of hydrogen-bond acceptors (Lipinski definition) is 1. The molecule has 1 rings (SSSR count). The van der Waals surface area contributed by atoms with Crippen LogP contribution >= 0.6 is 0 Å². The van der Waals surface area contributed by atoms with Crippen molar-refractivity contribution in [2.75, 3.05) is 13.2 Å². The molecule has 1 saturated heterocycles. The summed E-state index contributed by atoms with van der Waals surface area (Å²) in [5.74, 6) is 1.37. The van der Waals surface area contributed by atoms with Gasteiger partial charge >= 0.3 is 0 Å². The van der Waals surface area contributed by atoms with Gasteiger partial charge in [0.2, 0.25) is 0 Å². The molecular formula is C8H14O. The first-order chi connectivity index (χ1) is 4.34. The molecular weight excluding hydrogens is 112 g/mol. The van der Waals surface area contributed by atoms with Gasteiger partial charge in [0, 0.05) is 12.5 Å². The Morgan fingerprint density at radius 2 is 2.44 bits per heavy atom. The second kappa shape index (κ2) is 3.02. The molecule has 1 aliphatic rings. The molecule has 52 valence electrons. The largest absolute Gasteiger partial charge is 0.381 e. The van der Waals surface area contributed by atoms with E-state index in [4.69, 9.17) is 4.74 Å². The van der Waals surface area contributed by atoms with Gasteiger partial charge in [0.05, 0.1) is 6.61 Å². The van der Waals surface area contributed by atoms with Crippen molar-refractivity contribution in [3.05, 3.63) is 12.7 Å². The third-order valence-electron chi connectivity index (χ3n) is 2.06. The third-order valence-corrected chi connectivity index (χ3v) is 2.06. The van der Waals surface area contributed by atoms with Crippen molar-refractivity contribution in [1.29, 1.82) is 0 Å². The molecule has 1 heterocycles. The fraction of sp³-hybridized carbons (Fsp3) is 0.750. The van der Waals surface area contributed by atoms with E-state index in [0.29, 0.717) is 5.92 Å². The van der Waals surface area contributed by atoms with Crippen molar-refractivity contribution in [1.82, 2.24) is 0 Å². The molecule has 0 aromatic carbocycles. The van der Waals surface area contributed by atoms with Gasteiger partial charge < -0.3 is 4.74 Å². The van der Waals surface area contributed by atoms with E-state index < -0.39 is 0 Å². The van der Waals surface area contributed by atoms with Crippen LogP contribution in [0.15, 0.2) is 12.7 Å². The summed E-state index contributed by atoms with van der Waals surface area (Å²) in [6.45, 7) is 7.83. The van der Waals surface area contributed by atoms with E-state index in [2.05, 4.69) is 13.5 Å². The van der Waals surface area contributed by atoms with Gasteiger partial charge in [-0.15, -0.1) is 6.58 Å². The van der Waals surface area contributed by atoms with Crippen LogP contribution in [-0.4, -0.2) is 13.2 Å². The highest BCUT2D eigenvalue weighted by Crippen LogP contribution is 2.21. The lowest BCUT2D eigenvalue weighted by Crippen LogP contribution is -2.23. The van der Waals surface area contributed by atoms with E-state index in [-0.39, 0.29) is 0 Å². The molecule has 0 N–H and O–H groups in total. The Bertz CT molecular complexity index is 98.7. The Labute approximate surface area is 56.7 Å². The first kappa shape index (κ1) is 6.81. The predicted molar refractivity (Wildman–Crippen MR) is 38.3 cm³/mol. The Kier molecular flexibility index (Phi) is 2.29. The molecule has 0 saturated carbocycles.